The van der Waals surface area contributed by atoms with Crippen LogP contribution in [0.1, 0.15) is 23.3 Å². The number of hydrogen-bond donors (Lipinski definition) is 2. The summed E-state index contributed by atoms with van der Waals surface area (Å²) in [5, 5.41) is 13.2. The molecular formula is C18H19FN2O2. The van der Waals surface area contributed by atoms with Gasteiger partial charge in [-0.05, 0) is 11.6 Å². The zero-order valence-corrected chi connectivity index (χ0v) is 12.7. The van der Waals surface area contributed by atoms with E-state index < -0.39 is 18.0 Å². The molecule has 2 N–H and O–H groups in total. The summed E-state index contributed by atoms with van der Waals surface area (Å²) in [5.74, 6) is -0.527. The monoisotopic (exact) mass is 314 g/mol. The van der Waals surface area contributed by atoms with Crippen molar-refractivity contribution >= 4 is 5.91 Å². The number of benzene rings is 2. The standard InChI is InChI=1S/C18H19FN2O2/c19-15-9-5-4-8-14(15)16(22)12-21-11-10-20-18(23)17(21)13-6-2-1-3-7-13/h1-9,16-17,22H,10-12H2,(H,20,23). The number of amides is 1. The first-order chi connectivity index (χ1) is 11.2. The lowest BCUT2D eigenvalue weighted by Gasteiger charge is -2.36. The van der Waals surface area contributed by atoms with Crippen molar-refractivity contribution in [2.75, 3.05) is 19.6 Å². The molecular weight excluding hydrogens is 295 g/mol. The quantitative estimate of drug-likeness (QED) is 0.908. The van der Waals surface area contributed by atoms with Gasteiger partial charge in [0.05, 0.1) is 6.10 Å². The number of rotatable bonds is 4. The Bertz CT molecular complexity index is 678. The molecule has 0 aliphatic carbocycles. The van der Waals surface area contributed by atoms with Crippen molar-refractivity contribution in [3.8, 4) is 0 Å². The summed E-state index contributed by atoms with van der Waals surface area (Å²) in [5.41, 5.74) is 1.12. The number of β-amino-alcohol motifs (C(OH)–C–C–N with tert-alkyl or cyclic N) is 1. The van der Waals surface area contributed by atoms with Crippen molar-refractivity contribution in [1.29, 1.82) is 0 Å². The molecule has 5 heteroatoms. The second-order valence-corrected chi connectivity index (χ2v) is 5.64. The van der Waals surface area contributed by atoms with Gasteiger partial charge >= 0.3 is 0 Å². The molecule has 23 heavy (non-hydrogen) atoms. The van der Waals surface area contributed by atoms with Crippen LogP contribution in [-0.2, 0) is 4.79 Å². The fraction of sp³-hybridized carbons (Fsp3) is 0.278. The van der Waals surface area contributed by atoms with Crippen LogP contribution in [0.5, 0.6) is 0 Å². The van der Waals surface area contributed by atoms with E-state index in [0.29, 0.717) is 13.1 Å². The van der Waals surface area contributed by atoms with Gasteiger partial charge in [0.2, 0.25) is 5.91 Å². The van der Waals surface area contributed by atoms with Crippen LogP contribution < -0.4 is 5.32 Å². The van der Waals surface area contributed by atoms with Gasteiger partial charge < -0.3 is 10.4 Å². The number of aliphatic hydroxyl groups excluding tert-OH is 1. The maximum atomic E-state index is 13.8. The van der Waals surface area contributed by atoms with Gasteiger partial charge in [-0.1, -0.05) is 48.5 Å². The van der Waals surface area contributed by atoms with E-state index >= 15 is 0 Å². The Kier molecular flexibility index (Phi) is 4.69. The molecule has 2 atom stereocenters. The van der Waals surface area contributed by atoms with Crippen LogP contribution in [0, 0.1) is 5.82 Å². The van der Waals surface area contributed by atoms with Gasteiger partial charge in [-0.3, -0.25) is 9.69 Å². The van der Waals surface area contributed by atoms with E-state index in [-0.39, 0.29) is 18.0 Å². The Balaban J connectivity index is 1.82. The number of nitrogens with zero attached hydrogens (tertiary/aromatic N) is 1. The number of aliphatic hydroxyl groups is 1. The van der Waals surface area contributed by atoms with Crippen LogP contribution in [0.2, 0.25) is 0 Å². The van der Waals surface area contributed by atoms with Gasteiger partial charge in [-0.15, -0.1) is 0 Å². The smallest absolute Gasteiger partial charge is 0.242 e. The Morgan fingerprint density at radius 1 is 1.17 bits per heavy atom. The second kappa shape index (κ2) is 6.89. The van der Waals surface area contributed by atoms with Gasteiger partial charge in [0.15, 0.2) is 0 Å². The van der Waals surface area contributed by atoms with Crippen molar-refractivity contribution in [2.24, 2.45) is 0 Å². The van der Waals surface area contributed by atoms with E-state index in [2.05, 4.69) is 5.32 Å². The fourth-order valence-electron chi connectivity index (χ4n) is 2.97. The third-order valence-corrected chi connectivity index (χ3v) is 4.10. The molecule has 0 spiro atoms. The molecule has 4 nitrogen and oxygen atoms in total. The molecule has 0 bridgehead atoms. The Hall–Kier alpha value is -2.24. The Morgan fingerprint density at radius 2 is 1.87 bits per heavy atom. The highest BCUT2D eigenvalue weighted by Crippen LogP contribution is 2.26. The maximum Gasteiger partial charge on any atom is 0.242 e. The van der Waals surface area contributed by atoms with E-state index in [1.807, 2.05) is 35.2 Å². The van der Waals surface area contributed by atoms with Crippen LogP contribution in [0.15, 0.2) is 54.6 Å². The molecule has 0 radical (unpaired) electrons. The molecule has 2 unspecified atom stereocenters. The molecule has 1 aliphatic heterocycles. The van der Waals surface area contributed by atoms with Gasteiger partial charge in [0, 0.05) is 25.2 Å². The highest BCUT2D eigenvalue weighted by Gasteiger charge is 2.32. The predicted octanol–water partition coefficient (Wildman–Crippen LogP) is 2.03. The molecule has 120 valence electrons. The van der Waals surface area contributed by atoms with Crippen LogP contribution in [0.25, 0.3) is 0 Å². The van der Waals surface area contributed by atoms with Gasteiger partial charge in [0.25, 0.3) is 0 Å². The second-order valence-electron chi connectivity index (χ2n) is 5.64. The maximum absolute atomic E-state index is 13.8. The Morgan fingerprint density at radius 3 is 2.61 bits per heavy atom. The number of halogens is 1. The number of hydrogen-bond acceptors (Lipinski definition) is 3. The summed E-state index contributed by atoms with van der Waals surface area (Å²) in [7, 11) is 0. The minimum absolute atomic E-state index is 0.0943. The number of nitrogens with one attached hydrogen (secondary N) is 1. The highest BCUT2D eigenvalue weighted by atomic mass is 19.1. The first-order valence-corrected chi connectivity index (χ1v) is 7.66. The minimum Gasteiger partial charge on any atom is -0.387 e. The SMILES string of the molecule is O=C1NCCN(CC(O)c2ccccc2F)C1c1ccccc1. The third kappa shape index (κ3) is 3.41. The van der Waals surface area contributed by atoms with Gasteiger partial charge in [0.1, 0.15) is 11.9 Å². The average molecular weight is 314 g/mol. The van der Waals surface area contributed by atoms with Crippen LogP contribution in [-0.4, -0.2) is 35.5 Å². The zero-order chi connectivity index (χ0) is 16.2. The van der Waals surface area contributed by atoms with Crippen LogP contribution in [0.4, 0.5) is 4.39 Å². The topological polar surface area (TPSA) is 52.6 Å². The largest absolute Gasteiger partial charge is 0.387 e. The third-order valence-electron chi connectivity index (χ3n) is 4.10. The summed E-state index contributed by atoms with van der Waals surface area (Å²) < 4.78 is 13.8. The summed E-state index contributed by atoms with van der Waals surface area (Å²) in [6.45, 7) is 1.33. The van der Waals surface area contributed by atoms with Gasteiger partial charge in [-0.2, -0.15) is 0 Å². The van der Waals surface area contributed by atoms with Crippen molar-refractivity contribution in [2.45, 2.75) is 12.1 Å². The molecule has 1 saturated heterocycles. The van der Waals surface area contributed by atoms with E-state index in [9.17, 15) is 14.3 Å². The van der Waals surface area contributed by atoms with E-state index in [1.165, 1.54) is 6.07 Å². The van der Waals surface area contributed by atoms with Crippen molar-refractivity contribution < 1.29 is 14.3 Å². The molecule has 1 aliphatic rings. The molecule has 1 amide bonds. The van der Waals surface area contributed by atoms with Crippen molar-refractivity contribution in [3.63, 3.8) is 0 Å². The lowest BCUT2D eigenvalue weighted by molar-refractivity contribution is -0.130. The van der Waals surface area contributed by atoms with E-state index in [0.717, 1.165) is 5.56 Å². The normalized spacial score (nSPS) is 20.1. The van der Waals surface area contributed by atoms with Crippen LogP contribution in [0.3, 0.4) is 0 Å². The first-order valence-electron chi connectivity index (χ1n) is 7.66. The summed E-state index contributed by atoms with van der Waals surface area (Å²) >= 11 is 0. The zero-order valence-electron chi connectivity index (χ0n) is 12.7. The fourth-order valence-corrected chi connectivity index (χ4v) is 2.97. The molecule has 3 rings (SSSR count). The summed E-state index contributed by atoms with van der Waals surface area (Å²) in [6.07, 6.45) is -0.978. The minimum atomic E-state index is -0.978. The lowest BCUT2D eigenvalue weighted by atomic mass is 10.0. The van der Waals surface area contributed by atoms with Crippen molar-refractivity contribution in [1.82, 2.24) is 10.2 Å². The Labute approximate surface area is 134 Å². The molecule has 1 heterocycles. The summed E-state index contributed by atoms with van der Waals surface area (Å²) in [6, 6.07) is 15.1. The molecule has 2 aromatic rings. The van der Waals surface area contributed by atoms with Crippen LogP contribution >= 0.6 is 0 Å². The van der Waals surface area contributed by atoms with Gasteiger partial charge in [-0.25, -0.2) is 4.39 Å². The molecule has 1 fully saturated rings. The number of carbonyl (C=O) groups is 1. The summed E-state index contributed by atoms with van der Waals surface area (Å²) in [4.78, 5) is 14.2. The molecule has 0 saturated carbocycles. The molecule has 0 aromatic heterocycles. The first kappa shape index (κ1) is 15.6. The highest BCUT2D eigenvalue weighted by molar-refractivity contribution is 5.83. The lowest BCUT2D eigenvalue weighted by Crippen LogP contribution is -2.51. The average Bonchev–Trinajstić information content (AvgIpc) is 2.56. The number of carbonyl (C=O) groups excluding carboxylic acids is 1. The van der Waals surface area contributed by atoms with Crippen molar-refractivity contribution in [3.05, 3.63) is 71.5 Å². The predicted molar refractivity (Wildman–Crippen MR) is 85.1 cm³/mol. The number of piperazine rings is 1. The van der Waals surface area contributed by atoms with E-state index in [4.69, 9.17) is 0 Å². The molecule has 2 aromatic carbocycles. The van der Waals surface area contributed by atoms with E-state index in [1.54, 1.807) is 18.2 Å².